The normalized spacial score (nSPS) is 15.7. The summed E-state index contributed by atoms with van der Waals surface area (Å²) in [5.41, 5.74) is 4.23. The third kappa shape index (κ3) is 5.47. The number of β-amino-alcohol motifs (C(OH)–C–C–N with tert-alkyl or cyclic N) is 1. The summed E-state index contributed by atoms with van der Waals surface area (Å²) >= 11 is 0. The number of rotatable bonds is 5. The smallest absolute Gasteiger partial charge is 0.119 e. The predicted octanol–water partition coefficient (Wildman–Crippen LogP) is 4.20. The summed E-state index contributed by atoms with van der Waals surface area (Å²) in [4.78, 5) is 2.30. The van der Waals surface area contributed by atoms with Crippen LogP contribution in [0.5, 0.6) is 5.75 Å². The van der Waals surface area contributed by atoms with E-state index in [2.05, 4.69) is 62.1 Å². The van der Waals surface area contributed by atoms with Crippen LogP contribution in [0.3, 0.4) is 0 Å². The van der Waals surface area contributed by atoms with Crippen LogP contribution < -0.4 is 4.74 Å². The van der Waals surface area contributed by atoms with E-state index in [0.717, 1.165) is 25.3 Å². The van der Waals surface area contributed by atoms with Gasteiger partial charge in [-0.15, -0.1) is 12.4 Å². The SMILES string of the molecule is CC(C)(C)c1ccc(OCC(O)CN2CCc3ccccc3C2)cc1.Cl. The second kappa shape index (κ2) is 8.90. The standard InChI is InChI=1S/C22H29NO2.ClH/c1-22(2,3)19-8-10-21(11-9-19)25-16-20(24)15-23-13-12-17-6-4-5-7-18(17)14-23;/h4-11,20,24H,12-16H2,1-3H3;1H. The van der Waals surface area contributed by atoms with E-state index in [1.165, 1.54) is 16.7 Å². The van der Waals surface area contributed by atoms with Crippen LogP contribution in [-0.2, 0) is 18.4 Å². The van der Waals surface area contributed by atoms with E-state index in [9.17, 15) is 5.11 Å². The molecule has 0 spiro atoms. The topological polar surface area (TPSA) is 32.7 Å². The van der Waals surface area contributed by atoms with Crippen LogP contribution in [-0.4, -0.2) is 35.8 Å². The van der Waals surface area contributed by atoms with Crippen LogP contribution in [0.4, 0.5) is 0 Å². The molecule has 1 aliphatic rings. The second-order valence-corrected chi connectivity index (χ2v) is 7.99. The van der Waals surface area contributed by atoms with Crippen LogP contribution >= 0.6 is 12.4 Å². The van der Waals surface area contributed by atoms with Crippen molar-refractivity contribution in [2.75, 3.05) is 19.7 Å². The Morgan fingerprint density at radius 3 is 2.35 bits per heavy atom. The average Bonchev–Trinajstić information content (AvgIpc) is 2.59. The molecule has 1 N–H and O–H groups in total. The van der Waals surface area contributed by atoms with Crippen molar-refractivity contribution in [3.8, 4) is 5.75 Å². The predicted molar refractivity (Wildman–Crippen MR) is 109 cm³/mol. The van der Waals surface area contributed by atoms with Gasteiger partial charge in [-0.3, -0.25) is 4.90 Å². The largest absolute Gasteiger partial charge is 0.491 e. The zero-order valence-electron chi connectivity index (χ0n) is 15.9. The highest BCUT2D eigenvalue weighted by Gasteiger charge is 2.19. The average molecular weight is 376 g/mol. The van der Waals surface area contributed by atoms with Gasteiger partial charge >= 0.3 is 0 Å². The van der Waals surface area contributed by atoms with Crippen LogP contribution in [0.25, 0.3) is 0 Å². The fourth-order valence-electron chi connectivity index (χ4n) is 3.30. The Hall–Kier alpha value is -1.55. The summed E-state index contributed by atoms with van der Waals surface area (Å²) in [5, 5.41) is 10.3. The minimum absolute atomic E-state index is 0. The molecule has 0 fully saturated rings. The number of hydrogen-bond acceptors (Lipinski definition) is 3. The summed E-state index contributed by atoms with van der Waals surface area (Å²) in [6, 6.07) is 16.8. The molecule has 0 radical (unpaired) electrons. The van der Waals surface area contributed by atoms with Crippen LogP contribution in [0.1, 0.15) is 37.5 Å². The Kier molecular flexibility index (Phi) is 7.10. The molecule has 26 heavy (non-hydrogen) atoms. The van der Waals surface area contributed by atoms with Gasteiger partial charge in [0.2, 0.25) is 0 Å². The van der Waals surface area contributed by atoms with Crippen molar-refractivity contribution in [1.29, 1.82) is 0 Å². The maximum atomic E-state index is 10.3. The highest BCUT2D eigenvalue weighted by Crippen LogP contribution is 2.24. The van der Waals surface area contributed by atoms with Gasteiger partial charge in [0.05, 0.1) is 0 Å². The quantitative estimate of drug-likeness (QED) is 0.849. The molecule has 0 aliphatic carbocycles. The van der Waals surface area contributed by atoms with Crippen LogP contribution in [0.2, 0.25) is 0 Å². The minimum Gasteiger partial charge on any atom is -0.491 e. The van der Waals surface area contributed by atoms with Gasteiger partial charge in [-0.2, -0.15) is 0 Å². The van der Waals surface area contributed by atoms with Gasteiger partial charge in [-0.1, -0.05) is 57.2 Å². The fraction of sp³-hybridized carbons (Fsp3) is 0.455. The molecule has 0 amide bonds. The number of aliphatic hydroxyl groups is 1. The number of ether oxygens (including phenoxy) is 1. The lowest BCUT2D eigenvalue weighted by Gasteiger charge is -2.30. The Balaban J connectivity index is 0.00000243. The molecule has 0 bridgehead atoms. The van der Waals surface area contributed by atoms with Crippen molar-refractivity contribution in [2.45, 2.75) is 45.3 Å². The van der Waals surface area contributed by atoms with Crippen molar-refractivity contribution in [3.63, 3.8) is 0 Å². The van der Waals surface area contributed by atoms with Crippen molar-refractivity contribution < 1.29 is 9.84 Å². The molecule has 3 nitrogen and oxygen atoms in total. The van der Waals surface area contributed by atoms with Gasteiger partial charge in [-0.05, 0) is 40.7 Å². The van der Waals surface area contributed by atoms with Gasteiger partial charge in [0.25, 0.3) is 0 Å². The lowest BCUT2D eigenvalue weighted by atomic mass is 9.87. The van der Waals surface area contributed by atoms with Crippen molar-refractivity contribution in [3.05, 3.63) is 65.2 Å². The van der Waals surface area contributed by atoms with Gasteiger partial charge in [-0.25, -0.2) is 0 Å². The number of aliphatic hydroxyl groups excluding tert-OH is 1. The molecule has 0 saturated heterocycles. The summed E-state index contributed by atoms with van der Waals surface area (Å²) in [7, 11) is 0. The van der Waals surface area contributed by atoms with Crippen LogP contribution in [0, 0.1) is 0 Å². The first kappa shape index (κ1) is 20.8. The fourth-order valence-corrected chi connectivity index (χ4v) is 3.30. The highest BCUT2D eigenvalue weighted by atomic mass is 35.5. The lowest BCUT2D eigenvalue weighted by Crippen LogP contribution is -2.38. The molecule has 1 atom stereocenters. The number of nitrogens with zero attached hydrogens (tertiary/aromatic N) is 1. The molecular weight excluding hydrogens is 346 g/mol. The number of benzene rings is 2. The van der Waals surface area contributed by atoms with Crippen LogP contribution in [0.15, 0.2) is 48.5 Å². The molecule has 142 valence electrons. The molecule has 1 unspecified atom stereocenters. The minimum atomic E-state index is -0.479. The highest BCUT2D eigenvalue weighted by molar-refractivity contribution is 5.85. The Morgan fingerprint density at radius 1 is 1.04 bits per heavy atom. The monoisotopic (exact) mass is 375 g/mol. The molecule has 2 aromatic carbocycles. The van der Waals surface area contributed by atoms with Gasteiger partial charge in [0.15, 0.2) is 0 Å². The molecule has 0 aromatic heterocycles. The molecule has 1 aliphatic heterocycles. The van der Waals surface area contributed by atoms with E-state index in [1.807, 2.05) is 12.1 Å². The summed E-state index contributed by atoms with van der Waals surface area (Å²) in [5.74, 6) is 0.816. The second-order valence-electron chi connectivity index (χ2n) is 7.99. The van der Waals surface area contributed by atoms with Gasteiger partial charge < -0.3 is 9.84 Å². The number of fused-ring (bicyclic) bond motifs is 1. The number of halogens is 1. The van der Waals surface area contributed by atoms with E-state index < -0.39 is 6.10 Å². The maximum absolute atomic E-state index is 10.3. The third-order valence-electron chi connectivity index (χ3n) is 4.84. The molecule has 4 heteroatoms. The van der Waals surface area contributed by atoms with E-state index >= 15 is 0 Å². The maximum Gasteiger partial charge on any atom is 0.119 e. The molecular formula is C22H30ClNO2. The zero-order valence-corrected chi connectivity index (χ0v) is 16.8. The van der Waals surface area contributed by atoms with Crippen molar-refractivity contribution in [1.82, 2.24) is 4.90 Å². The molecule has 1 heterocycles. The van der Waals surface area contributed by atoms with Gasteiger partial charge in [0.1, 0.15) is 18.5 Å². The molecule has 2 aromatic rings. The van der Waals surface area contributed by atoms with E-state index in [0.29, 0.717) is 13.2 Å². The lowest BCUT2D eigenvalue weighted by molar-refractivity contribution is 0.0638. The zero-order chi connectivity index (χ0) is 17.9. The Labute approximate surface area is 163 Å². The van der Waals surface area contributed by atoms with E-state index in [4.69, 9.17) is 4.74 Å². The third-order valence-corrected chi connectivity index (χ3v) is 4.84. The van der Waals surface area contributed by atoms with Gasteiger partial charge in [0, 0.05) is 19.6 Å². The first-order chi connectivity index (χ1) is 11.9. The van der Waals surface area contributed by atoms with Crippen molar-refractivity contribution >= 4 is 12.4 Å². The summed E-state index contributed by atoms with van der Waals surface area (Å²) in [6.07, 6.45) is 0.574. The Morgan fingerprint density at radius 2 is 1.69 bits per heavy atom. The number of hydrogen-bond donors (Lipinski definition) is 1. The first-order valence-corrected chi connectivity index (χ1v) is 9.12. The Bertz CT molecular complexity index is 694. The van der Waals surface area contributed by atoms with Crippen molar-refractivity contribution in [2.24, 2.45) is 0 Å². The summed E-state index contributed by atoms with van der Waals surface area (Å²) in [6.45, 7) is 9.47. The molecule has 3 rings (SSSR count). The van der Waals surface area contributed by atoms with E-state index in [-0.39, 0.29) is 17.8 Å². The molecule has 0 saturated carbocycles. The summed E-state index contributed by atoms with van der Waals surface area (Å²) < 4.78 is 5.77. The first-order valence-electron chi connectivity index (χ1n) is 9.12. The van der Waals surface area contributed by atoms with E-state index in [1.54, 1.807) is 0 Å².